The first kappa shape index (κ1) is 6.94. The summed E-state index contributed by atoms with van der Waals surface area (Å²) < 4.78 is 4.12. The molecule has 0 spiro atoms. The molecule has 1 N–H and O–H groups in total. The second kappa shape index (κ2) is 4.11. The molecule has 0 unspecified atom stereocenters. The van der Waals surface area contributed by atoms with E-state index in [1.54, 1.807) is 0 Å². The summed E-state index contributed by atoms with van der Waals surface area (Å²) >= 11 is 0. The Hall–Kier alpha value is -1.06. The molecule has 0 aliphatic heterocycles. The molecule has 1 radical (unpaired) electrons. The van der Waals surface area contributed by atoms with Gasteiger partial charge in [0, 0.05) is 0 Å². The van der Waals surface area contributed by atoms with Crippen LogP contribution in [0.1, 0.15) is 0 Å². The predicted octanol–water partition coefficient (Wildman–Crippen LogP) is -0.548. The van der Waals surface area contributed by atoms with Crippen molar-refractivity contribution in [3.05, 3.63) is 0 Å². The zero-order chi connectivity index (χ0) is 6.41. The van der Waals surface area contributed by atoms with Crippen LogP contribution in [0.4, 0.5) is 4.79 Å². The number of alkyl carbamates (subject to hydrolysis) is 1. The minimum Gasteiger partial charge on any atom is -0.453 e. The van der Waals surface area contributed by atoms with Crippen molar-refractivity contribution in [1.82, 2.24) is 5.32 Å². The molecule has 1 amide bonds. The highest BCUT2D eigenvalue weighted by molar-refractivity contribution is 5.70. The standard InChI is InChI=1S/C4H6NO3/c1-8-4(7)5-2-3-6/h2H2,1H3,(H,5,7). The summed E-state index contributed by atoms with van der Waals surface area (Å²) in [5.41, 5.74) is 0. The summed E-state index contributed by atoms with van der Waals surface area (Å²) in [5.74, 6) is 0. The van der Waals surface area contributed by atoms with Gasteiger partial charge in [-0.25, -0.2) is 4.79 Å². The van der Waals surface area contributed by atoms with Crippen LogP contribution in [0.2, 0.25) is 0 Å². The third-order valence-electron chi connectivity index (χ3n) is 0.490. The first-order valence-corrected chi connectivity index (χ1v) is 1.98. The van der Waals surface area contributed by atoms with Crippen LogP contribution in [-0.4, -0.2) is 26.0 Å². The van der Waals surface area contributed by atoms with Crippen LogP contribution in [-0.2, 0) is 9.53 Å². The molecule has 0 saturated carbocycles. The maximum absolute atomic E-state index is 10.1. The van der Waals surface area contributed by atoms with Crippen LogP contribution in [0.25, 0.3) is 0 Å². The van der Waals surface area contributed by atoms with Gasteiger partial charge in [0.15, 0.2) is 0 Å². The molecule has 0 bridgehead atoms. The van der Waals surface area contributed by atoms with Crippen LogP contribution < -0.4 is 5.32 Å². The van der Waals surface area contributed by atoms with Gasteiger partial charge in [0.05, 0.1) is 13.7 Å². The van der Waals surface area contributed by atoms with Crippen molar-refractivity contribution < 1.29 is 14.3 Å². The molecule has 0 heterocycles. The number of methoxy groups -OCH3 is 1. The van der Waals surface area contributed by atoms with Crippen LogP contribution in [0.5, 0.6) is 0 Å². The largest absolute Gasteiger partial charge is 0.453 e. The van der Waals surface area contributed by atoms with Crippen LogP contribution in [0, 0.1) is 0 Å². The first-order chi connectivity index (χ1) is 3.81. The molecule has 0 saturated heterocycles. The van der Waals surface area contributed by atoms with Gasteiger partial charge in [-0.2, -0.15) is 0 Å². The Morgan fingerprint density at radius 1 is 1.88 bits per heavy atom. The number of rotatable bonds is 2. The molecule has 0 rings (SSSR count). The monoisotopic (exact) mass is 116 g/mol. The molecule has 0 aromatic carbocycles. The Kier molecular flexibility index (Phi) is 3.56. The van der Waals surface area contributed by atoms with Crippen LogP contribution in [0.3, 0.4) is 0 Å². The minimum absolute atomic E-state index is 0.118. The predicted molar refractivity (Wildman–Crippen MR) is 26.1 cm³/mol. The van der Waals surface area contributed by atoms with E-state index in [1.165, 1.54) is 13.4 Å². The van der Waals surface area contributed by atoms with Crippen LogP contribution >= 0.6 is 0 Å². The van der Waals surface area contributed by atoms with Crippen molar-refractivity contribution in [2.75, 3.05) is 13.7 Å². The zero-order valence-electron chi connectivity index (χ0n) is 4.43. The molecule has 0 aliphatic carbocycles. The highest BCUT2D eigenvalue weighted by atomic mass is 16.5. The molecule has 4 nitrogen and oxygen atoms in total. The summed E-state index contributed by atoms with van der Waals surface area (Å²) in [7, 11) is 1.22. The van der Waals surface area contributed by atoms with Gasteiger partial charge in [0.2, 0.25) is 6.29 Å². The molecule has 0 fully saturated rings. The fourth-order valence-corrected chi connectivity index (χ4v) is 0.180. The molecule has 45 valence electrons. The lowest BCUT2D eigenvalue weighted by Crippen LogP contribution is -2.24. The van der Waals surface area contributed by atoms with E-state index < -0.39 is 6.09 Å². The van der Waals surface area contributed by atoms with Gasteiger partial charge in [-0.15, -0.1) is 0 Å². The SMILES string of the molecule is COC(=O)NC[C]=O. The Labute approximate surface area is 46.8 Å². The quantitative estimate of drug-likeness (QED) is 0.526. The number of carbonyl (C=O) groups excluding carboxylic acids is 2. The molecule has 4 heteroatoms. The highest BCUT2D eigenvalue weighted by Crippen LogP contribution is 1.65. The van der Waals surface area contributed by atoms with Gasteiger partial charge in [0.25, 0.3) is 0 Å². The lowest BCUT2D eigenvalue weighted by molar-refractivity contribution is 0.172. The summed E-state index contributed by atoms with van der Waals surface area (Å²) in [5, 5.41) is 2.10. The summed E-state index contributed by atoms with van der Waals surface area (Å²) in [6.07, 6.45) is 0.854. The van der Waals surface area contributed by atoms with Gasteiger partial charge >= 0.3 is 6.09 Å². The lowest BCUT2D eigenvalue weighted by atomic mass is 10.7. The highest BCUT2D eigenvalue weighted by Gasteiger charge is 1.92. The summed E-state index contributed by atoms with van der Waals surface area (Å²) in [6, 6.07) is 0. The Morgan fingerprint density at radius 2 is 2.50 bits per heavy atom. The van der Waals surface area contributed by atoms with E-state index in [-0.39, 0.29) is 6.54 Å². The minimum atomic E-state index is -0.617. The van der Waals surface area contributed by atoms with Gasteiger partial charge in [-0.05, 0) is 0 Å². The van der Waals surface area contributed by atoms with E-state index in [2.05, 4.69) is 10.1 Å². The van der Waals surface area contributed by atoms with E-state index in [0.717, 1.165) is 0 Å². The molecule has 8 heavy (non-hydrogen) atoms. The van der Waals surface area contributed by atoms with Gasteiger partial charge in [-0.3, -0.25) is 4.79 Å². The van der Waals surface area contributed by atoms with Gasteiger partial charge in [-0.1, -0.05) is 0 Å². The maximum Gasteiger partial charge on any atom is 0.407 e. The molecule has 0 atom stereocenters. The normalized spacial score (nSPS) is 7.62. The number of carbonyl (C=O) groups is 1. The first-order valence-electron chi connectivity index (χ1n) is 1.98. The van der Waals surface area contributed by atoms with Gasteiger partial charge in [0.1, 0.15) is 0 Å². The summed E-state index contributed by atoms with van der Waals surface area (Å²) in [6.45, 7) is -0.118. The average molecular weight is 116 g/mol. The van der Waals surface area contributed by atoms with Crippen molar-refractivity contribution in [3.63, 3.8) is 0 Å². The van der Waals surface area contributed by atoms with Crippen molar-refractivity contribution in [2.24, 2.45) is 0 Å². The van der Waals surface area contributed by atoms with Gasteiger partial charge < -0.3 is 10.1 Å². The van der Waals surface area contributed by atoms with Crippen LogP contribution in [0.15, 0.2) is 0 Å². The maximum atomic E-state index is 10.1. The lowest BCUT2D eigenvalue weighted by Gasteiger charge is -1.94. The third-order valence-corrected chi connectivity index (χ3v) is 0.490. The molecule has 0 aromatic heterocycles. The van der Waals surface area contributed by atoms with Crippen molar-refractivity contribution in [2.45, 2.75) is 0 Å². The van der Waals surface area contributed by atoms with Crippen molar-refractivity contribution in [1.29, 1.82) is 0 Å². The van der Waals surface area contributed by atoms with Crippen molar-refractivity contribution in [3.8, 4) is 0 Å². The Morgan fingerprint density at radius 3 is 2.88 bits per heavy atom. The fourth-order valence-electron chi connectivity index (χ4n) is 0.180. The second-order valence-electron chi connectivity index (χ2n) is 0.989. The number of hydrogen-bond donors (Lipinski definition) is 1. The smallest absolute Gasteiger partial charge is 0.407 e. The molecule has 0 aromatic rings. The fraction of sp³-hybridized carbons (Fsp3) is 0.500. The topological polar surface area (TPSA) is 55.4 Å². The zero-order valence-corrected chi connectivity index (χ0v) is 4.43. The molecule has 0 aliphatic rings. The molecular formula is C4H6NO3. The van der Waals surface area contributed by atoms with Crippen molar-refractivity contribution >= 4 is 12.4 Å². The number of nitrogens with one attached hydrogen (secondary N) is 1. The number of hydrogen-bond acceptors (Lipinski definition) is 3. The van der Waals surface area contributed by atoms with E-state index in [0.29, 0.717) is 0 Å². The van der Waals surface area contributed by atoms with E-state index in [4.69, 9.17) is 0 Å². The molecular weight excluding hydrogens is 110 g/mol. The Bertz CT molecular complexity index is 91.3. The second-order valence-corrected chi connectivity index (χ2v) is 0.989. The summed E-state index contributed by atoms with van der Waals surface area (Å²) in [4.78, 5) is 19.5. The van der Waals surface area contributed by atoms with E-state index in [9.17, 15) is 9.59 Å². The van der Waals surface area contributed by atoms with E-state index in [1.807, 2.05) is 0 Å². The third kappa shape index (κ3) is 3.14. The average Bonchev–Trinajstić information content (AvgIpc) is 1.83. The van der Waals surface area contributed by atoms with E-state index >= 15 is 0 Å². The number of amides is 1. The Balaban J connectivity index is 3.11. The number of ether oxygens (including phenoxy) is 1.